The fourth-order valence-corrected chi connectivity index (χ4v) is 8.15. The molecule has 1 aromatic heterocycles. The van der Waals surface area contributed by atoms with Gasteiger partial charge in [0.1, 0.15) is 6.04 Å². The molecule has 2 saturated heterocycles. The van der Waals surface area contributed by atoms with Gasteiger partial charge in [-0.25, -0.2) is 4.99 Å². The van der Waals surface area contributed by atoms with E-state index in [1.165, 1.54) is 0 Å². The number of aromatic amines is 1. The average molecular weight is 782 g/mol. The number of carbonyl (C=O) groups is 3. The van der Waals surface area contributed by atoms with Crippen LogP contribution in [0.15, 0.2) is 35.3 Å². The Balaban J connectivity index is 1.51. The van der Waals surface area contributed by atoms with Crippen LogP contribution >= 0.6 is 0 Å². The highest BCUT2D eigenvalue weighted by Gasteiger charge is 2.43. The number of piperazine rings is 1. The van der Waals surface area contributed by atoms with E-state index in [1.54, 1.807) is 19.1 Å². The minimum Gasteiger partial charge on any atom is -0.379 e. The second kappa shape index (κ2) is 21.4. The number of methoxy groups -OCH3 is 2. The van der Waals surface area contributed by atoms with E-state index in [-0.39, 0.29) is 48.1 Å². The molecule has 0 radical (unpaired) electrons. The predicted octanol–water partition coefficient (Wildman–Crippen LogP) is 2.37. The number of H-pyrrole nitrogens is 1. The van der Waals surface area contributed by atoms with Crippen LogP contribution in [-0.4, -0.2) is 162 Å². The van der Waals surface area contributed by atoms with Crippen LogP contribution < -0.4 is 10.6 Å². The van der Waals surface area contributed by atoms with Crippen LogP contribution in [0.25, 0.3) is 0 Å². The molecule has 2 aliphatic rings. The van der Waals surface area contributed by atoms with Crippen LogP contribution in [0.5, 0.6) is 0 Å². The van der Waals surface area contributed by atoms with Crippen LogP contribution in [0.3, 0.4) is 0 Å². The van der Waals surface area contributed by atoms with E-state index in [0.717, 1.165) is 50.5 Å². The van der Waals surface area contributed by atoms with E-state index in [2.05, 4.69) is 50.0 Å². The molecule has 0 saturated carbocycles. The number of hydrogen-bond donors (Lipinski definition) is 3. The maximum atomic E-state index is 14.5. The molecule has 0 spiro atoms. The van der Waals surface area contributed by atoms with Crippen molar-refractivity contribution in [2.24, 2.45) is 22.7 Å². The van der Waals surface area contributed by atoms with E-state index < -0.39 is 30.2 Å². The highest BCUT2D eigenvalue weighted by molar-refractivity contribution is 5.88. The Bertz CT molecular complexity index is 1540. The number of carbonyl (C=O) groups excluding carboxylic acids is 3. The second-order valence-electron chi connectivity index (χ2n) is 15.9. The summed E-state index contributed by atoms with van der Waals surface area (Å²) in [5, 5.41) is 21.0. The first kappa shape index (κ1) is 44.6. The molecule has 16 heteroatoms. The molecule has 2 fully saturated rings. The molecule has 0 unspecified atom stereocenters. The topological polar surface area (TPSA) is 174 Å². The predicted molar refractivity (Wildman–Crippen MR) is 216 cm³/mol. The van der Waals surface area contributed by atoms with Gasteiger partial charge in [0.2, 0.25) is 17.7 Å². The monoisotopic (exact) mass is 782 g/mol. The molecule has 8 atom stereocenters. The van der Waals surface area contributed by atoms with Gasteiger partial charge in [0.15, 0.2) is 11.8 Å². The number of nitrogens with zero attached hydrogens (tertiary/aromatic N) is 8. The molecule has 3 N–H and O–H groups in total. The van der Waals surface area contributed by atoms with Crippen molar-refractivity contribution in [3.8, 4) is 0 Å². The highest BCUT2D eigenvalue weighted by atomic mass is 16.5. The van der Waals surface area contributed by atoms with Gasteiger partial charge in [-0.1, -0.05) is 76.6 Å². The molecular weight excluding hydrogens is 715 g/mol. The van der Waals surface area contributed by atoms with Crippen molar-refractivity contribution < 1.29 is 23.9 Å². The number of aliphatic imine (C=N–C) groups is 1. The third kappa shape index (κ3) is 11.2. The van der Waals surface area contributed by atoms with Crippen molar-refractivity contribution in [1.82, 2.24) is 50.9 Å². The standard InChI is InChI=1S/C40H67N11O5/c1-11-27(4)35(49(8)39(54)34(26(2)3)43-40(48(6)7)50-22-19-41-20-23-50)32(55-9)25-33(52)51-21-15-18-31(51)36(56-10)28(5)38(53)42-30(37-44-46-47-45-37)24-29-16-13-12-14-17-29/h12-14,16-17,26-28,30-32,34-36,41H,11,15,18-25H2,1-10H3,(H,42,53)(H,44,45,46,47)/t27-,28+,30-,31-,32+,34-,35-,36+/m0/s1. The van der Waals surface area contributed by atoms with Crippen molar-refractivity contribution in [2.75, 3.05) is 68.1 Å². The number of rotatable bonds is 18. The van der Waals surface area contributed by atoms with Gasteiger partial charge in [-0.3, -0.25) is 14.4 Å². The number of likely N-dealkylation sites (tertiary alicyclic amines) is 1. The molecule has 16 nitrogen and oxygen atoms in total. The molecule has 56 heavy (non-hydrogen) atoms. The first-order chi connectivity index (χ1) is 26.8. The number of likely N-dealkylation sites (N-methyl/N-ethyl adjacent to an activating group) is 1. The molecule has 3 amide bonds. The van der Waals surface area contributed by atoms with Gasteiger partial charge in [0.05, 0.1) is 42.7 Å². The largest absolute Gasteiger partial charge is 0.379 e. The minimum absolute atomic E-state index is 0.0350. The van der Waals surface area contributed by atoms with Crippen molar-refractivity contribution in [3.05, 3.63) is 41.7 Å². The number of benzene rings is 1. The zero-order valence-electron chi connectivity index (χ0n) is 35.3. The second-order valence-corrected chi connectivity index (χ2v) is 15.9. The lowest BCUT2D eigenvalue weighted by Crippen LogP contribution is -2.55. The number of guanidine groups is 1. The number of tetrazole rings is 1. The Morgan fingerprint density at radius 2 is 1.71 bits per heavy atom. The number of aromatic nitrogens is 4. The summed E-state index contributed by atoms with van der Waals surface area (Å²) in [7, 11) is 8.95. The number of amides is 3. The van der Waals surface area contributed by atoms with Crippen LogP contribution in [0.1, 0.15) is 77.7 Å². The summed E-state index contributed by atoms with van der Waals surface area (Å²) in [6, 6.07) is 7.99. The third-order valence-corrected chi connectivity index (χ3v) is 11.5. The molecule has 4 rings (SSSR count). The quantitative estimate of drug-likeness (QED) is 0.150. The van der Waals surface area contributed by atoms with E-state index >= 15 is 0 Å². The summed E-state index contributed by atoms with van der Waals surface area (Å²) in [5.74, 6) is 0.138. The Kier molecular flexibility index (Phi) is 17.0. The van der Waals surface area contributed by atoms with Crippen LogP contribution in [-0.2, 0) is 30.3 Å². The van der Waals surface area contributed by atoms with Crippen molar-refractivity contribution >= 4 is 23.7 Å². The summed E-state index contributed by atoms with van der Waals surface area (Å²) in [5.41, 5.74) is 1.02. The van der Waals surface area contributed by atoms with E-state index in [0.29, 0.717) is 25.2 Å². The number of hydrogen-bond acceptors (Lipinski definition) is 10. The molecule has 2 aromatic rings. The first-order valence-corrected chi connectivity index (χ1v) is 20.2. The lowest BCUT2D eigenvalue weighted by molar-refractivity contribution is -0.146. The lowest BCUT2D eigenvalue weighted by Gasteiger charge is -2.40. The Labute approximate surface area is 333 Å². The van der Waals surface area contributed by atoms with Crippen molar-refractivity contribution in [2.45, 2.75) is 103 Å². The summed E-state index contributed by atoms with van der Waals surface area (Å²) >= 11 is 0. The van der Waals surface area contributed by atoms with Gasteiger partial charge in [-0.05, 0) is 30.2 Å². The molecule has 2 aliphatic heterocycles. The molecule has 312 valence electrons. The lowest BCUT2D eigenvalue weighted by atomic mass is 9.89. The van der Waals surface area contributed by atoms with Gasteiger partial charge >= 0.3 is 0 Å². The van der Waals surface area contributed by atoms with E-state index in [9.17, 15) is 14.4 Å². The molecule has 0 aliphatic carbocycles. The van der Waals surface area contributed by atoms with Crippen LogP contribution in [0.2, 0.25) is 0 Å². The van der Waals surface area contributed by atoms with Crippen LogP contribution in [0.4, 0.5) is 0 Å². The number of ether oxygens (including phenoxy) is 2. The Morgan fingerprint density at radius 3 is 2.29 bits per heavy atom. The Hall–Kier alpha value is -4.15. The summed E-state index contributed by atoms with van der Waals surface area (Å²) in [6.45, 7) is 14.0. The summed E-state index contributed by atoms with van der Waals surface area (Å²) < 4.78 is 12.1. The van der Waals surface area contributed by atoms with Gasteiger partial charge in [-0.15, -0.1) is 10.2 Å². The fraction of sp³-hybridized carbons (Fsp3) is 0.725. The first-order valence-electron chi connectivity index (χ1n) is 20.2. The zero-order chi connectivity index (χ0) is 40.9. The van der Waals surface area contributed by atoms with Gasteiger partial charge in [0.25, 0.3) is 0 Å². The Morgan fingerprint density at radius 1 is 1.02 bits per heavy atom. The van der Waals surface area contributed by atoms with Gasteiger partial charge in [-0.2, -0.15) is 5.21 Å². The third-order valence-electron chi connectivity index (χ3n) is 11.5. The summed E-state index contributed by atoms with van der Waals surface area (Å²) in [4.78, 5) is 55.6. The zero-order valence-corrected chi connectivity index (χ0v) is 35.3. The average Bonchev–Trinajstić information content (AvgIpc) is 3.92. The molecule has 1 aromatic carbocycles. The minimum atomic E-state index is -0.613. The fourth-order valence-electron chi connectivity index (χ4n) is 8.15. The van der Waals surface area contributed by atoms with E-state index in [1.807, 2.05) is 82.0 Å². The smallest absolute Gasteiger partial charge is 0.247 e. The number of nitrogens with one attached hydrogen (secondary N) is 3. The van der Waals surface area contributed by atoms with Crippen molar-refractivity contribution in [1.29, 1.82) is 0 Å². The van der Waals surface area contributed by atoms with Crippen molar-refractivity contribution in [3.63, 3.8) is 0 Å². The van der Waals surface area contributed by atoms with Gasteiger partial charge < -0.3 is 39.7 Å². The summed E-state index contributed by atoms with van der Waals surface area (Å²) in [6.07, 6.45) is 1.69. The molecular formula is C40H67N11O5. The van der Waals surface area contributed by atoms with E-state index in [4.69, 9.17) is 14.5 Å². The maximum Gasteiger partial charge on any atom is 0.247 e. The highest BCUT2D eigenvalue weighted by Crippen LogP contribution is 2.30. The normalized spacial score (nSPS) is 20.2. The van der Waals surface area contributed by atoms with Crippen LogP contribution in [0, 0.1) is 17.8 Å². The van der Waals surface area contributed by atoms with Gasteiger partial charge in [0, 0.05) is 74.5 Å². The molecule has 3 heterocycles. The SMILES string of the molecule is CC[C@H](C)[C@@H]([C@@H](CC(=O)N1CCC[C@H]1[C@H](OC)[C@@H](C)C(=O)N[C@@H](Cc1ccccc1)c1nn[nH]n1)OC)N(C)C(=O)[C@@H](N=C(N(C)C)N1CCNCC1)C(C)C. The molecule has 0 bridgehead atoms. The maximum absolute atomic E-state index is 14.5.